The lowest BCUT2D eigenvalue weighted by atomic mass is 9.98. The third-order valence-corrected chi connectivity index (χ3v) is 7.34. The molecule has 0 fully saturated rings. The lowest BCUT2D eigenvalue weighted by Crippen LogP contribution is -2.25. The minimum absolute atomic E-state index is 0.0119. The van der Waals surface area contributed by atoms with Gasteiger partial charge in [0.2, 0.25) is 5.91 Å². The third kappa shape index (κ3) is 5.29. The Labute approximate surface area is 218 Å². The summed E-state index contributed by atoms with van der Waals surface area (Å²) >= 11 is 7.18. The van der Waals surface area contributed by atoms with Gasteiger partial charge in [-0.25, -0.2) is 5.01 Å². The van der Waals surface area contributed by atoms with Crippen molar-refractivity contribution in [2.24, 2.45) is 10.1 Å². The van der Waals surface area contributed by atoms with Crippen molar-refractivity contribution in [3.8, 4) is 5.75 Å². The standard InChI is InChI=1S/C27H23ClN4O3S/c1-35-21-13-7-17(8-14-21)22-15-23(18-5-3-2-4-6-18)32(31-22)27-30-26(34)24(36-27)16-25(33)29-20-11-9-19(28)10-12-20/h2-14,23-24H,15-16H2,1H3,(H,29,33)/t23-,24-/m0/s1. The van der Waals surface area contributed by atoms with Crippen molar-refractivity contribution in [1.82, 2.24) is 5.01 Å². The average Bonchev–Trinajstić information content (AvgIpc) is 3.50. The van der Waals surface area contributed by atoms with E-state index < -0.39 is 5.25 Å². The number of carbonyl (C=O) groups excluding carboxylic acids is 2. The molecular weight excluding hydrogens is 496 g/mol. The van der Waals surface area contributed by atoms with Crippen LogP contribution in [-0.2, 0) is 9.59 Å². The number of amidine groups is 1. The van der Waals surface area contributed by atoms with Crippen molar-refractivity contribution < 1.29 is 14.3 Å². The molecule has 2 heterocycles. The number of nitrogens with one attached hydrogen (secondary N) is 1. The summed E-state index contributed by atoms with van der Waals surface area (Å²) in [5.74, 6) is 0.180. The smallest absolute Gasteiger partial charge is 0.262 e. The van der Waals surface area contributed by atoms with Crippen molar-refractivity contribution in [3.63, 3.8) is 0 Å². The van der Waals surface area contributed by atoms with Crippen LogP contribution in [0.25, 0.3) is 0 Å². The van der Waals surface area contributed by atoms with E-state index in [1.165, 1.54) is 11.8 Å². The number of nitrogens with zero attached hydrogens (tertiary/aromatic N) is 3. The molecule has 3 aromatic rings. The van der Waals surface area contributed by atoms with Gasteiger partial charge in [0, 0.05) is 23.6 Å². The molecule has 0 radical (unpaired) electrons. The zero-order valence-electron chi connectivity index (χ0n) is 19.4. The van der Waals surface area contributed by atoms with Crippen molar-refractivity contribution in [3.05, 3.63) is 95.0 Å². The molecular formula is C27H23ClN4O3S. The van der Waals surface area contributed by atoms with Gasteiger partial charge in [-0.1, -0.05) is 53.7 Å². The zero-order chi connectivity index (χ0) is 25.1. The highest BCUT2D eigenvalue weighted by Gasteiger charge is 2.39. The summed E-state index contributed by atoms with van der Waals surface area (Å²) in [7, 11) is 1.63. The van der Waals surface area contributed by atoms with Gasteiger partial charge >= 0.3 is 0 Å². The Balaban J connectivity index is 1.33. The van der Waals surface area contributed by atoms with Gasteiger partial charge in [0.25, 0.3) is 5.91 Å². The molecule has 5 rings (SSSR count). The minimum Gasteiger partial charge on any atom is -0.497 e. The van der Waals surface area contributed by atoms with Gasteiger partial charge in [0.15, 0.2) is 5.17 Å². The second-order valence-corrected chi connectivity index (χ2v) is 9.95. The Morgan fingerprint density at radius 1 is 1.08 bits per heavy atom. The molecule has 3 aromatic carbocycles. The van der Waals surface area contributed by atoms with E-state index >= 15 is 0 Å². The maximum atomic E-state index is 12.7. The lowest BCUT2D eigenvalue weighted by molar-refractivity contribution is -0.121. The van der Waals surface area contributed by atoms with Crippen LogP contribution in [0.15, 0.2) is 89.0 Å². The highest BCUT2D eigenvalue weighted by atomic mass is 35.5. The summed E-state index contributed by atoms with van der Waals surface area (Å²) in [6.45, 7) is 0. The maximum Gasteiger partial charge on any atom is 0.262 e. The molecule has 2 aliphatic rings. The molecule has 182 valence electrons. The number of rotatable bonds is 6. The molecule has 0 aromatic heterocycles. The largest absolute Gasteiger partial charge is 0.497 e. The van der Waals surface area contributed by atoms with Gasteiger partial charge in [-0.05, 0) is 59.7 Å². The van der Waals surface area contributed by atoms with Gasteiger partial charge in [-0.2, -0.15) is 10.1 Å². The van der Waals surface area contributed by atoms with Gasteiger partial charge in [0.1, 0.15) is 11.0 Å². The highest BCUT2D eigenvalue weighted by Crippen LogP contribution is 2.38. The van der Waals surface area contributed by atoms with E-state index in [9.17, 15) is 9.59 Å². The van der Waals surface area contributed by atoms with Crippen molar-refractivity contribution >= 4 is 51.7 Å². The molecule has 2 atom stereocenters. The molecule has 9 heteroatoms. The first kappa shape index (κ1) is 24.1. The van der Waals surface area contributed by atoms with Gasteiger partial charge in [0.05, 0.1) is 18.9 Å². The second kappa shape index (κ2) is 10.6. The van der Waals surface area contributed by atoms with Crippen molar-refractivity contribution in [2.75, 3.05) is 12.4 Å². The van der Waals surface area contributed by atoms with E-state index in [-0.39, 0.29) is 24.3 Å². The number of ether oxygens (including phenoxy) is 1. The van der Waals surface area contributed by atoms with Gasteiger partial charge in [-0.3, -0.25) is 9.59 Å². The van der Waals surface area contributed by atoms with E-state index in [0.29, 0.717) is 22.3 Å². The minimum atomic E-state index is -0.607. The Hall–Kier alpha value is -3.62. The number of thioether (sulfide) groups is 1. The number of hydrogen-bond acceptors (Lipinski definition) is 6. The molecule has 0 saturated heterocycles. The van der Waals surface area contributed by atoms with Crippen LogP contribution in [0.5, 0.6) is 5.75 Å². The monoisotopic (exact) mass is 518 g/mol. The van der Waals surface area contributed by atoms with Crippen LogP contribution in [0.3, 0.4) is 0 Å². The van der Waals surface area contributed by atoms with Crippen LogP contribution in [0.2, 0.25) is 5.02 Å². The first-order valence-corrected chi connectivity index (χ1v) is 12.7. The van der Waals surface area contributed by atoms with E-state index in [2.05, 4.69) is 10.3 Å². The predicted molar refractivity (Wildman–Crippen MR) is 144 cm³/mol. The van der Waals surface area contributed by atoms with E-state index in [1.807, 2.05) is 59.6 Å². The molecule has 2 amide bonds. The first-order valence-electron chi connectivity index (χ1n) is 11.4. The lowest BCUT2D eigenvalue weighted by Gasteiger charge is -2.23. The quantitative estimate of drug-likeness (QED) is 0.464. The fourth-order valence-corrected chi connectivity index (χ4v) is 5.29. The molecule has 1 N–H and O–H groups in total. The number of benzene rings is 3. The maximum absolute atomic E-state index is 12.7. The van der Waals surface area contributed by atoms with Crippen LogP contribution < -0.4 is 10.1 Å². The number of aliphatic imine (C=N–C) groups is 1. The Kier molecular flexibility index (Phi) is 7.06. The topological polar surface area (TPSA) is 83.4 Å². The van der Waals surface area contributed by atoms with E-state index in [1.54, 1.807) is 31.4 Å². The molecule has 2 aliphatic heterocycles. The Morgan fingerprint density at radius 2 is 1.81 bits per heavy atom. The summed E-state index contributed by atoms with van der Waals surface area (Å²) in [5, 5.41) is 9.97. The molecule has 0 bridgehead atoms. The van der Waals surface area contributed by atoms with Gasteiger partial charge < -0.3 is 10.1 Å². The van der Waals surface area contributed by atoms with Gasteiger partial charge in [-0.15, -0.1) is 0 Å². The van der Waals surface area contributed by atoms with E-state index in [4.69, 9.17) is 21.4 Å². The number of anilines is 1. The van der Waals surface area contributed by atoms with Crippen LogP contribution in [0.1, 0.15) is 30.0 Å². The summed E-state index contributed by atoms with van der Waals surface area (Å²) in [5.41, 5.74) is 3.57. The summed E-state index contributed by atoms with van der Waals surface area (Å²) in [6, 6.07) is 24.5. The third-order valence-electron chi connectivity index (χ3n) is 5.94. The number of amides is 2. The van der Waals surface area contributed by atoms with Crippen molar-refractivity contribution in [1.29, 1.82) is 0 Å². The summed E-state index contributed by atoms with van der Waals surface area (Å²) in [4.78, 5) is 29.6. The number of hydrazone groups is 1. The molecule has 0 saturated carbocycles. The summed E-state index contributed by atoms with van der Waals surface area (Å²) in [6.07, 6.45) is 0.670. The fraction of sp³-hybridized carbons (Fsp3) is 0.185. The van der Waals surface area contributed by atoms with Crippen LogP contribution in [0.4, 0.5) is 5.69 Å². The number of hydrogen-bond donors (Lipinski definition) is 1. The number of methoxy groups -OCH3 is 1. The van der Waals surface area contributed by atoms with Crippen LogP contribution in [-0.4, -0.2) is 40.1 Å². The molecule has 0 unspecified atom stereocenters. The molecule has 0 aliphatic carbocycles. The summed E-state index contributed by atoms with van der Waals surface area (Å²) < 4.78 is 5.27. The zero-order valence-corrected chi connectivity index (χ0v) is 21.0. The molecule has 7 nitrogen and oxygen atoms in total. The highest BCUT2D eigenvalue weighted by molar-refractivity contribution is 8.15. The average molecular weight is 519 g/mol. The molecule has 0 spiro atoms. The molecule has 36 heavy (non-hydrogen) atoms. The van der Waals surface area contributed by atoms with Crippen molar-refractivity contribution in [2.45, 2.75) is 24.1 Å². The number of carbonyl (C=O) groups is 2. The predicted octanol–water partition coefficient (Wildman–Crippen LogP) is 5.53. The van der Waals surface area contributed by atoms with Crippen LogP contribution in [0, 0.1) is 0 Å². The first-order chi connectivity index (χ1) is 17.5. The number of halogens is 1. The SMILES string of the molecule is COc1ccc(C2=NN(C3=NC(=O)[C@H](CC(=O)Nc4ccc(Cl)cc4)S3)[C@H](c3ccccc3)C2)cc1. The normalized spacial score (nSPS) is 19.2. The fourth-order valence-electron chi connectivity index (χ4n) is 4.10. The van der Waals surface area contributed by atoms with E-state index in [0.717, 1.165) is 22.6 Å². The Bertz CT molecular complexity index is 1330. The Morgan fingerprint density at radius 3 is 2.50 bits per heavy atom. The second-order valence-electron chi connectivity index (χ2n) is 8.35. The van der Waals surface area contributed by atoms with Crippen LogP contribution >= 0.6 is 23.4 Å².